The van der Waals surface area contributed by atoms with Crippen molar-refractivity contribution in [1.29, 1.82) is 0 Å². The lowest BCUT2D eigenvalue weighted by Gasteiger charge is -2.36. The van der Waals surface area contributed by atoms with E-state index in [9.17, 15) is 9.59 Å². The number of aromatic nitrogens is 2. The lowest BCUT2D eigenvalue weighted by Crippen LogP contribution is -2.49. The monoisotopic (exact) mass is 434 g/mol. The van der Waals surface area contributed by atoms with Crippen LogP contribution in [0.5, 0.6) is 0 Å². The summed E-state index contributed by atoms with van der Waals surface area (Å²) in [7, 11) is 3.58. The topological polar surface area (TPSA) is 50.5 Å². The highest BCUT2D eigenvalue weighted by Crippen LogP contribution is 2.30. The molecular weight excluding hydrogens is 412 g/mol. The number of piperazine rings is 1. The smallest absolute Gasteiger partial charge is 0.274 e. The maximum Gasteiger partial charge on any atom is 0.274 e. The molecule has 1 saturated heterocycles. The molecule has 5 rings (SSSR count). The third-order valence-corrected chi connectivity index (χ3v) is 6.46. The fraction of sp³-hybridized carbons (Fsp3) is 0.250. The van der Waals surface area contributed by atoms with Crippen LogP contribution in [-0.2, 0) is 14.1 Å². The van der Waals surface area contributed by atoms with Crippen molar-refractivity contribution in [2.45, 2.75) is 0 Å². The Morgan fingerprint density at radius 1 is 0.935 bits per heavy atom. The van der Waals surface area contributed by atoms with Crippen LogP contribution in [0.3, 0.4) is 0 Å². The van der Waals surface area contributed by atoms with Crippen molar-refractivity contribution in [3.05, 3.63) is 75.7 Å². The number of hydrogen-bond acceptors (Lipinski definition) is 3. The van der Waals surface area contributed by atoms with Gasteiger partial charge in [-0.3, -0.25) is 9.59 Å². The van der Waals surface area contributed by atoms with E-state index in [4.69, 9.17) is 11.6 Å². The average molecular weight is 435 g/mol. The van der Waals surface area contributed by atoms with Crippen molar-refractivity contribution in [2.75, 3.05) is 31.1 Å². The first-order chi connectivity index (χ1) is 15.0. The van der Waals surface area contributed by atoms with E-state index in [1.165, 1.54) is 4.57 Å². The Hall–Kier alpha value is -3.25. The minimum absolute atomic E-state index is 0.0345. The molecule has 0 atom stereocenters. The third kappa shape index (κ3) is 3.18. The van der Waals surface area contributed by atoms with Crippen LogP contribution in [0.15, 0.2) is 59.5 Å². The highest BCUT2D eigenvalue weighted by atomic mass is 35.5. The van der Waals surface area contributed by atoms with E-state index in [2.05, 4.69) is 4.90 Å². The second kappa shape index (κ2) is 7.46. The molecule has 158 valence electrons. The zero-order valence-electron chi connectivity index (χ0n) is 17.5. The van der Waals surface area contributed by atoms with Crippen molar-refractivity contribution in [3.8, 4) is 0 Å². The standard InChI is InChI=1S/C24H23ClN4O2/c1-26-15-19(21-18-5-3-4-6-20(18)27(2)22(21)24(26)31)23(30)29-13-11-28(12-14-29)17-9-7-16(25)8-10-17/h3-10,15H,11-14H2,1-2H3. The molecule has 0 saturated carbocycles. The molecular formula is C24H23ClN4O2. The van der Waals surface area contributed by atoms with Gasteiger partial charge < -0.3 is 18.9 Å². The van der Waals surface area contributed by atoms with Gasteiger partial charge in [-0.25, -0.2) is 0 Å². The maximum absolute atomic E-state index is 13.6. The van der Waals surface area contributed by atoms with Gasteiger partial charge in [-0.15, -0.1) is 0 Å². The minimum Gasteiger partial charge on any atom is -0.368 e. The van der Waals surface area contributed by atoms with Gasteiger partial charge in [0, 0.05) is 73.5 Å². The Labute approximate surface area is 184 Å². The molecule has 0 unspecified atom stereocenters. The molecule has 1 aliphatic rings. The summed E-state index contributed by atoms with van der Waals surface area (Å²) >= 11 is 6.00. The molecule has 7 heteroatoms. The number of amides is 1. The molecule has 0 bridgehead atoms. The molecule has 0 N–H and O–H groups in total. The number of nitrogens with zero attached hydrogens (tertiary/aromatic N) is 4. The van der Waals surface area contributed by atoms with Crippen LogP contribution in [-0.4, -0.2) is 46.1 Å². The summed E-state index contributed by atoms with van der Waals surface area (Å²) in [5.74, 6) is -0.0345. The van der Waals surface area contributed by atoms with E-state index in [-0.39, 0.29) is 11.5 Å². The molecule has 3 heterocycles. The van der Waals surface area contributed by atoms with Gasteiger partial charge in [-0.2, -0.15) is 0 Å². The number of rotatable bonds is 2. The molecule has 1 aliphatic heterocycles. The first kappa shape index (κ1) is 19.7. The number of carbonyl (C=O) groups excluding carboxylic acids is 1. The highest BCUT2D eigenvalue weighted by Gasteiger charge is 2.26. The van der Waals surface area contributed by atoms with Gasteiger partial charge in [0.1, 0.15) is 5.52 Å². The molecule has 2 aromatic heterocycles. The van der Waals surface area contributed by atoms with Crippen molar-refractivity contribution >= 4 is 45.0 Å². The molecule has 1 fully saturated rings. The van der Waals surface area contributed by atoms with Gasteiger partial charge in [0.05, 0.1) is 5.56 Å². The molecule has 4 aromatic rings. The summed E-state index contributed by atoms with van der Waals surface area (Å²) in [6.07, 6.45) is 1.69. The van der Waals surface area contributed by atoms with Crippen molar-refractivity contribution in [2.24, 2.45) is 14.1 Å². The minimum atomic E-state index is -0.0993. The Morgan fingerprint density at radius 3 is 2.32 bits per heavy atom. The Balaban J connectivity index is 1.51. The van der Waals surface area contributed by atoms with Gasteiger partial charge in [-0.05, 0) is 30.3 Å². The number of benzene rings is 2. The van der Waals surface area contributed by atoms with E-state index in [1.54, 1.807) is 13.2 Å². The summed E-state index contributed by atoms with van der Waals surface area (Å²) in [5.41, 5.74) is 3.10. The first-order valence-corrected chi connectivity index (χ1v) is 10.7. The summed E-state index contributed by atoms with van der Waals surface area (Å²) in [4.78, 5) is 30.6. The van der Waals surface area contributed by atoms with Crippen LogP contribution in [0.4, 0.5) is 5.69 Å². The Morgan fingerprint density at radius 2 is 1.61 bits per heavy atom. The normalized spacial score (nSPS) is 14.5. The Bertz CT molecular complexity index is 1360. The third-order valence-electron chi connectivity index (χ3n) is 6.21. The van der Waals surface area contributed by atoms with Crippen molar-refractivity contribution in [1.82, 2.24) is 14.0 Å². The van der Waals surface area contributed by atoms with Crippen molar-refractivity contribution in [3.63, 3.8) is 0 Å². The number of pyridine rings is 1. The number of halogens is 1. The summed E-state index contributed by atoms with van der Waals surface area (Å²) in [6.45, 7) is 2.74. The molecule has 0 aliphatic carbocycles. The summed E-state index contributed by atoms with van der Waals surface area (Å²) in [5, 5.41) is 2.39. The fourth-order valence-corrected chi connectivity index (χ4v) is 4.68. The lowest BCUT2D eigenvalue weighted by molar-refractivity contribution is 0.0748. The quantitative estimate of drug-likeness (QED) is 0.484. The molecule has 1 amide bonds. The van der Waals surface area contributed by atoms with E-state index < -0.39 is 0 Å². The van der Waals surface area contributed by atoms with Gasteiger partial charge >= 0.3 is 0 Å². The van der Waals surface area contributed by atoms with E-state index in [0.717, 1.165) is 35.1 Å². The van der Waals surface area contributed by atoms with Gasteiger partial charge in [0.25, 0.3) is 11.5 Å². The number of para-hydroxylation sites is 1. The van der Waals surface area contributed by atoms with Crippen LogP contribution in [0.2, 0.25) is 5.02 Å². The SMILES string of the molecule is Cn1cc(C(=O)N2CCN(c3ccc(Cl)cc3)CC2)c2c3ccccc3n(C)c2c1=O. The predicted octanol–water partition coefficient (Wildman–Crippen LogP) is 3.65. The number of fused-ring (bicyclic) bond motifs is 3. The van der Waals surface area contributed by atoms with E-state index >= 15 is 0 Å². The zero-order valence-corrected chi connectivity index (χ0v) is 18.3. The van der Waals surface area contributed by atoms with E-state index in [1.807, 2.05) is 65.0 Å². The number of hydrogen-bond donors (Lipinski definition) is 0. The predicted molar refractivity (Wildman–Crippen MR) is 125 cm³/mol. The molecule has 2 aromatic carbocycles. The summed E-state index contributed by atoms with van der Waals surface area (Å²) in [6, 6.07) is 15.6. The molecule has 0 radical (unpaired) electrons. The van der Waals surface area contributed by atoms with Crippen LogP contribution in [0.1, 0.15) is 10.4 Å². The number of carbonyl (C=O) groups is 1. The lowest BCUT2D eigenvalue weighted by atomic mass is 10.1. The van der Waals surface area contributed by atoms with Crippen LogP contribution in [0.25, 0.3) is 21.8 Å². The van der Waals surface area contributed by atoms with E-state index in [0.29, 0.717) is 29.2 Å². The summed E-state index contributed by atoms with van der Waals surface area (Å²) < 4.78 is 3.40. The molecule has 6 nitrogen and oxygen atoms in total. The Kier molecular flexibility index (Phi) is 4.74. The van der Waals surface area contributed by atoms with Gasteiger partial charge in [-0.1, -0.05) is 29.8 Å². The largest absolute Gasteiger partial charge is 0.368 e. The molecule has 0 spiro atoms. The van der Waals surface area contributed by atoms with Crippen LogP contribution < -0.4 is 10.5 Å². The van der Waals surface area contributed by atoms with Crippen LogP contribution in [0, 0.1) is 0 Å². The number of aryl methyl sites for hydroxylation is 2. The van der Waals surface area contributed by atoms with Gasteiger partial charge in [0.2, 0.25) is 0 Å². The second-order valence-electron chi connectivity index (χ2n) is 8.01. The van der Waals surface area contributed by atoms with Gasteiger partial charge in [0.15, 0.2) is 0 Å². The number of anilines is 1. The van der Waals surface area contributed by atoms with Crippen LogP contribution >= 0.6 is 11.6 Å². The highest BCUT2D eigenvalue weighted by molar-refractivity contribution is 6.30. The maximum atomic E-state index is 13.6. The van der Waals surface area contributed by atoms with Crippen molar-refractivity contribution < 1.29 is 4.79 Å². The first-order valence-electron chi connectivity index (χ1n) is 10.3. The second-order valence-corrected chi connectivity index (χ2v) is 8.45. The average Bonchev–Trinajstić information content (AvgIpc) is 3.09. The molecule has 31 heavy (non-hydrogen) atoms. The fourth-order valence-electron chi connectivity index (χ4n) is 4.55. The zero-order chi connectivity index (χ0) is 21.7.